The maximum absolute atomic E-state index is 12.8. The third-order valence-electron chi connectivity index (χ3n) is 4.69. The summed E-state index contributed by atoms with van der Waals surface area (Å²) in [5.74, 6) is -0.772. The number of benzene rings is 1. The number of nitrogens with two attached hydrogens (primary N) is 1. The van der Waals surface area contributed by atoms with Gasteiger partial charge in [-0.15, -0.1) is 0 Å². The summed E-state index contributed by atoms with van der Waals surface area (Å²) in [7, 11) is -3.77. The lowest BCUT2D eigenvalue weighted by Crippen LogP contribution is -2.45. The summed E-state index contributed by atoms with van der Waals surface area (Å²) in [6, 6.07) is 3.99. The number of primary amides is 1. The van der Waals surface area contributed by atoms with Gasteiger partial charge in [0.2, 0.25) is 0 Å². The van der Waals surface area contributed by atoms with Crippen molar-refractivity contribution < 1.29 is 26.9 Å². The van der Waals surface area contributed by atoms with E-state index in [1.54, 1.807) is 32.9 Å². The molecule has 0 spiro atoms. The van der Waals surface area contributed by atoms with Gasteiger partial charge in [0, 0.05) is 12.1 Å². The van der Waals surface area contributed by atoms with Crippen LogP contribution in [0.3, 0.4) is 0 Å². The number of hydrogen-bond acceptors (Lipinski definition) is 7. The smallest absolute Gasteiger partial charge is 0.410 e. The fourth-order valence-electron chi connectivity index (χ4n) is 3.40. The molecule has 33 heavy (non-hydrogen) atoms. The number of halogens is 2. The Morgan fingerprint density at radius 2 is 1.91 bits per heavy atom. The van der Waals surface area contributed by atoms with Gasteiger partial charge in [0.1, 0.15) is 11.3 Å². The number of amides is 2. The molecule has 0 aliphatic carbocycles. The highest BCUT2D eigenvalue weighted by molar-refractivity contribution is 7.85. The van der Waals surface area contributed by atoms with E-state index in [2.05, 4.69) is 5.10 Å². The number of hydrogen-bond donors (Lipinski definition) is 1. The third kappa shape index (κ3) is 5.97. The Balaban J connectivity index is 2.12. The van der Waals surface area contributed by atoms with Crippen molar-refractivity contribution in [2.45, 2.75) is 39.0 Å². The van der Waals surface area contributed by atoms with Crippen molar-refractivity contribution in [3.63, 3.8) is 0 Å². The van der Waals surface area contributed by atoms with Crippen LogP contribution in [-0.4, -0.2) is 60.1 Å². The number of aromatic nitrogens is 2. The van der Waals surface area contributed by atoms with Crippen molar-refractivity contribution in [1.82, 2.24) is 14.7 Å². The second-order valence-corrected chi connectivity index (χ2v) is 11.1. The lowest BCUT2D eigenvalue weighted by Gasteiger charge is -2.34. The topological polar surface area (TPSA) is 134 Å². The lowest BCUT2D eigenvalue weighted by atomic mass is 10.0. The van der Waals surface area contributed by atoms with Crippen LogP contribution in [0.4, 0.5) is 4.79 Å². The Kier molecular flexibility index (Phi) is 6.99. The van der Waals surface area contributed by atoms with E-state index in [0.717, 1.165) is 6.26 Å². The van der Waals surface area contributed by atoms with Gasteiger partial charge in [-0.3, -0.25) is 13.7 Å². The van der Waals surface area contributed by atoms with E-state index in [-0.39, 0.29) is 36.0 Å². The zero-order chi connectivity index (χ0) is 24.7. The summed E-state index contributed by atoms with van der Waals surface area (Å²) < 4.78 is 35.1. The van der Waals surface area contributed by atoms with Crippen molar-refractivity contribution in [3.05, 3.63) is 39.5 Å². The molecule has 1 atom stereocenters. The molecule has 2 aromatic rings. The molecule has 0 radical (unpaired) electrons. The summed E-state index contributed by atoms with van der Waals surface area (Å²) in [5, 5.41) is 5.10. The number of nitrogens with zero attached hydrogens (tertiary/aromatic N) is 3. The quantitative estimate of drug-likeness (QED) is 0.600. The first kappa shape index (κ1) is 25.3. The van der Waals surface area contributed by atoms with Crippen LogP contribution in [-0.2, 0) is 25.6 Å². The molecular weight excluding hydrogens is 495 g/mol. The average Bonchev–Trinajstić information content (AvgIpc) is 3.06. The molecular formula is C20H24Cl2N4O6S. The monoisotopic (exact) mass is 518 g/mol. The molecule has 13 heteroatoms. The molecule has 0 fully saturated rings. The van der Waals surface area contributed by atoms with E-state index in [4.69, 9.17) is 37.9 Å². The van der Waals surface area contributed by atoms with Gasteiger partial charge in [-0.1, -0.05) is 29.3 Å². The molecule has 1 aromatic carbocycles. The number of fused-ring (bicyclic) bond motifs is 1. The molecule has 2 amide bonds. The summed E-state index contributed by atoms with van der Waals surface area (Å²) >= 11 is 12.1. The molecule has 1 aliphatic rings. The van der Waals surface area contributed by atoms with E-state index >= 15 is 0 Å². The van der Waals surface area contributed by atoms with Gasteiger partial charge in [-0.25, -0.2) is 4.79 Å². The average molecular weight is 519 g/mol. The molecule has 10 nitrogen and oxygen atoms in total. The summed E-state index contributed by atoms with van der Waals surface area (Å²) in [5.41, 5.74) is 6.03. The normalized spacial score (nSPS) is 16.4. The molecule has 2 N–H and O–H groups in total. The van der Waals surface area contributed by atoms with Crippen molar-refractivity contribution in [1.29, 1.82) is 0 Å². The van der Waals surface area contributed by atoms with Crippen molar-refractivity contribution in [3.8, 4) is 11.3 Å². The first-order valence-electron chi connectivity index (χ1n) is 9.85. The van der Waals surface area contributed by atoms with Gasteiger partial charge >= 0.3 is 6.09 Å². The minimum Gasteiger partial charge on any atom is -0.444 e. The fourth-order valence-corrected chi connectivity index (χ4v) is 4.10. The Morgan fingerprint density at radius 3 is 2.45 bits per heavy atom. The summed E-state index contributed by atoms with van der Waals surface area (Å²) in [6.45, 7) is 4.86. The molecule has 1 aliphatic heterocycles. The maximum atomic E-state index is 12.8. The largest absolute Gasteiger partial charge is 0.444 e. The van der Waals surface area contributed by atoms with Crippen LogP contribution in [0, 0.1) is 0 Å². The molecule has 1 aromatic heterocycles. The Hall–Kier alpha value is -2.34. The van der Waals surface area contributed by atoms with Crippen molar-refractivity contribution in [2.24, 2.45) is 5.73 Å². The van der Waals surface area contributed by atoms with E-state index in [0.29, 0.717) is 16.3 Å². The van der Waals surface area contributed by atoms with Gasteiger partial charge in [-0.05, 0) is 32.9 Å². The molecule has 0 saturated carbocycles. The van der Waals surface area contributed by atoms with Gasteiger partial charge in [0.25, 0.3) is 16.0 Å². The highest BCUT2D eigenvalue weighted by atomic mass is 35.5. The number of carbonyl (C=O) groups is 2. The Morgan fingerprint density at radius 1 is 1.24 bits per heavy atom. The molecule has 1 unspecified atom stereocenters. The number of rotatable bonds is 5. The second kappa shape index (κ2) is 9.13. The minimum atomic E-state index is -3.77. The predicted octanol–water partition coefficient (Wildman–Crippen LogP) is 3.22. The molecule has 0 saturated heterocycles. The predicted molar refractivity (Wildman–Crippen MR) is 123 cm³/mol. The summed E-state index contributed by atoms with van der Waals surface area (Å²) in [4.78, 5) is 26.6. The summed E-state index contributed by atoms with van der Waals surface area (Å²) in [6.07, 6.45) is 0.285. The van der Waals surface area contributed by atoms with Crippen LogP contribution in [0.1, 0.15) is 42.9 Å². The first-order chi connectivity index (χ1) is 15.2. The third-order valence-corrected chi connectivity index (χ3v) is 6.00. The standard InChI is InChI=1S/C20H24Cl2N4O6S/c1-20(2,3)32-19(28)25-8-12(10-31-33(4,29)30)26-15(9-25)16(18(23)27)17(24-26)11-5-6-13(21)14(22)7-11/h5-7,12H,8-10H2,1-4H3,(H2,23,27). The van der Waals surface area contributed by atoms with Gasteiger partial charge in [0.05, 0.1) is 46.8 Å². The lowest BCUT2D eigenvalue weighted by molar-refractivity contribution is 0.0136. The van der Waals surface area contributed by atoms with Gasteiger partial charge in [-0.2, -0.15) is 13.5 Å². The van der Waals surface area contributed by atoms with E-state index in [1.807, 2.05) is 0 Å². The first-order valence-corrected chi connectivity index (χ1v) is 12.4. The molecule has 180 valence electrons. The fraction of sp³-hybridized carbons (Fsp3) is 0.450. The highest BCUT2D eigenvalue weighted by Gasteiger charge is 2.36. The number of carbonyl (C=O) groups excluding carboxylic acids is 2. The van der Waals surface area contributed by atoms with Crippen LogP contribution in [0.25, 0.3) is 11.3 Å². The molecule has 0 bridgehead atoms. The molecule has 3 rings (SSSR count). The number of ether oxygens (including phenoxy) is 1. The van der Waals surface area contributed by atoms with Crippen LogP contribution in [0.5, 0.6) is 0 Å². The second-order valence-electron chi connectivity index (χ2n) is 8.61. The van der Waals surface area contributed by atoms with Crippen LogP contribution >= 0.6 is 23.2 Å². The van der Waals surface area contributed by atoms with Crippen LogP contribution in [0.15, 0.2) is 18.2 Å². The van der Waals surface area contributed by atoms with Crippen LogP contribution in [0.2, 0.25) is 10.0 Å². The molecule has 2 heterocycles. The Bertz CT molecular complexity index is 1210. The van der Waals surface area contributed by atoms with Gasteiger partial charge in [0.15, 0.2) is 0 Å². The minimum absolute atomic E-state index is 0.0309. The van der Waals surface area contributed by atoms with E-state index in [1.165, 1.54) is 15.6 Å². The van der Waals surface area contributed by atoms with E-state index < -0.39 is 33.8 Å². The highest BCUT2D eigenvalue weighted by Crippen LogP contribution is 2.34. The Labute approximate surface area is 201 Å². The van der Waals surface area contributed by atoms with Crippen LogP contribution < -0.4 is 5.73 Å². The van der Waals surface area contributed by atoms with Crippen molar-refractivity contribution >= 4 is 45.3 Å². The maximum Gasteiger partial charge on any atom is 0.410 e. The SMILES string of the molecule is CC(C)(C)OC(=O)N1Cc2c(C(N)=O)c(-c3ccc(Cl)c(Cl)c3)nn2C(COS(C)(=O)=O)C1. The van der Waals surface area contributed by atoms with E-state index in [9.17, 15) is 18.0 Å². The van der Waals surface area contributed by atoms with Gasteiger partial charge < -0.3 is 15.4 Å². The zero-order valence-electron chi connectivity index (χ0n) is 18.5. The van der Waals surface area contributed by atoms with Crippen molar-refractivity contribution in [2.75, 3.05) is 19.4 Å². The zero-order valence-corrected chi connectivity index (χ0v) is 20.8.